The molecule has 0 aliphatic carbocycles. The van der Waals surface area contributed by atoms with E-state index in [4.69, 9.17) is 5.73 Å². The van der Waals surface area contributed by atoms with Gasteiger partial charge in [-0.2, -0.15) is 11.3 Å². The van der Waals surface area contributed by atoms with Crippen molar-refractivity contribution in [2.45, 2.75) is 11.4 Å². The van der Waals surface area contributed by atoms with Crippen LogP contribution in [0.4, 0.5) is 5.69 Å². The molecule has 0 fully saturated rings. The summed E-state index contributed by atoms with van der Waals surface area (Å²) in [5, 5.41) is 7.08. The molecule has 1 amide bonds. The van der Waals surface area contributed by atoms with Crippen LogP contribution in [0.2, 0.25) is 0 Å². The molecule has 1 aliphatic rings. The van der Waals surface area contributed by atoms with Crippen LogP contribution in [0.3, 0.4) is 0 Å². The highest BCUT2D eigenvalue weighted by atomic mass is 32.2. The topological polar surface area (TPSA) is 55.1 Å². The van der Waals surface area contributed by atoms with E-state index in [9.17, 15) is 4.79 Å². The lowest BCUT2D eigenvalue weighted by Crippen LogP contribution is -2.18. The Morgan fingerprint density at radius 2 is 2.22 bits per heavy atom. The van der Waals surface area contributed by atoms with Gasteiger partial charge in [-0.1, -0.05) is 6.07 Å². The smallest absolute Gasteiger partial charge is 0.234 e. The van der Waals surface area contributed by atoms with E-state index in [1.165, 1.54) is 0 Å². The Hall–Kier alpha value is -1.30. The van der Waals surface area contributed by atoms with Crippen LogP contribution < -0.4 is 11.1 Å². The lowest BCUT2D eigenvalue weighted by molar-refractivity contribution is -0.113. The third-order valence-electron chi connectivity index (χ3n) is 2.89. The summed E-state index contributed by atoms with van der Waals surface area (Å²) >= 11 is 3.23. The molecule has 0 saturated carbocycles. The van der Waals surface area contributed by atoms with Gasteiger partial charge in [0, 0.05) is 11.4 Å². The number of nitrogens with one attached hydrogen (secondary N) is 1. The van der Waals surface area contributed by atoms with Crippen molar-refractivity contribution < 1.29 is 4.79 Å². The van der Waals surface area contributed by atoms with E-state index in [0.29, 0.717) is 12.3 Å². The molecule has 5 heteroatoms. The number of hydrogen-bond donors (Lipinski definition) is 2. The number of amides is 1. The van der Waals surface area contributed by atoms with Crippen LogP contribution in [-0.2, 0) is 11.3 Å². The number of carbonyl (C=O) groups is 1. The molecule has 0 unspecified atom stereocenters. The van der Waals surface area contributed by atoms with E-state index in [0.717, 1.165) is 27.3 Å². The summed E-state index contributed by atoms with van der Waals surface area (Å²) in [7, 11) is 0. The molecule has 3 nitrogen and oxygen atoms in total. The first kappa shape index (κ1) is 11.8. The van der Waals surface area contributed by atoms with Crippen molar-refractivity contribution in [3.8, 4) is 11.1 Å². The number of nitrogens with two attached hydrogens (primary N) is 1. The van der Waals surface area contributed by atoms with Gasteiger partial charge in [0.1, 0.15) is 0 Å². The van der Waals surface area contributed by atoms with Gasteiger partial charge in [-0.3, -0.25) is 4.79 Å². The Bertz CT molecular complexity index is 607. The third kappa shape index (κ3) is 2.05. The summed E-state index contributed by atoms with van der Waals surface area (Å²) < 4.78 is 0. The predicted octanol–water partition coefficient (Wildman–Crippen LogP) is 2.92. The molecule has 1 aliphatic heterocycles. The Morgan fingerprint density at radius 1 is 1.33 bits per heavy atom. The van der Waals surface area contributed by atoms with E-state index in [1.807, 2.05) is 6.07 Å². The summed E-state index contributed by atoms with van der Waals surface area (Å²) in [5.74, 6) is 0.563. The first-order chi connectivity index (χ1) is 8.78. The Labute approximate surface area is 113 Å². The Balaban J connectivity index is 2.04. The normalized spacial score (nSPS) is 14.2. The first-order valence-corrected chi connectivity index (χ1v) is 7.53. The van der Waals surface area contributed by atoms with Crippen molar-refractivity contribution in [2.75, 3.05) is 11.1 Å². The molecule has 18 heavy (non-hydrogen) atoms. The number of hydrogen-bond acceptors (Lipinski definition) is 4. The summed E-state index contributed by atoms with van der Waals surface area (Å²) in [6.45, 7) is 0.539. The van der Waals surface area contributed by atoms with Gasteiger partial charge in [-0.05, 0) is 39.6 Å². The predicted molar refractivity (Wildman–Crippen MR) is 77.0 cm³/mol. The van der Waals surface area contributed by atoms with Gasteiger partial charge in [0.05, 0.1) is 11.4 Å². The number of rotatable bonds is 2. The van der Waals surface area contributed by atoms with E-state index < -0.39 is 0 Å². The second-order valence-corrected chi connectivity index (χ2v) is 5.82. The van der Waals surface area contributed by atoms with Crippen molar-refractivity contribution in [1.29, 1.82) is 0 Å². The van der Waals surface area contributed by atoms with Crippen LogP contribution in [0.5, 0.6) is 0 Å². The van der Waals surface area contributed by atoms with Crippen molar-refractivity contribution in [3.05, 3.63) is 34.5 Å². The lowest BCUT2D eigenvalue weighted by atomic mass is 10.0. The van der Waals surface area contributed by atoms with Crippen LogP contribution in [0, 0.1) is 0 Å². The Morgan fingerprint density at radius 3 is 3.06 bits per heavy atom. The minimum atomic E-state index is 0.0639. The lowest BCUT2D eigenvalue weighted by Gasteiger charge is -2.17. The number of benzene rings is 1. The van der Waals surface area contributed by atoms with Crippen LogP contribution in [-0.4, -0.2) is 11.7 Å². The van der Waals surface area contributed by atoms with E-state index >= 15 is 0 Å². The highest BCUT2D eigenvalue weighted by molar-refractivity contribution is 8.00. The average molecular weight is 276 g/mol. The van der Waals surface area contributed by atoms with Crippen molar-refractivity contribution in [2.24, 2.45) is 5.73 Å². The molecule has 3 rings (SSSR count). The number of thioether (sulfide) groups is 1. The third-order valence-corrected chi connectivity index (χ3v) is 4.75. The fourth-order valence-corrected chi connectivity index (χ4v) is 3.65. The van der Waals surface area contributed by atoms with Gasteiger partial charge < -0.3 is 11.1 Å². The molecule has 1 aromatic carbocycles. The van der Waals surface area contributed by atoms with Gasteiger partial charge >= 0.3 is 0 Å². The molecule has 2 aromatic rings. The summed E-state index contributed by atoms with van der Waals surface area (Å²) in [5.41, 5.74) is 10.1. The monoisotopic (exact) mass is 276 g/mol. The maximum Gasteiger partial charge on any atom is 0.234 e. The van der Waals surface area contributed by atoms with Gasteiger partial charge in [0.15, 0.2) is 0 Å². The van der Waals surface area contributed by atoms with E-state index in [-0.39, 0.29) is 5.91 Å². The molecule has 1 aromatic heterocycles. The fraction of sp³-hybridized carbons (Fsp3) is 0.154. The minimum Gasteiger partial charge on any atom is -0.326 e. The molecule has 2 heterocycles. The maximum absolute atomic E-state index is 11.4. The zero-order valence-corrected chi connectivity index (χ0v) is 11.2. The second-order valence-electron chi connectivity index (χ2n) is 4.06. The molecular weight excluding hydrogens is 264 g/mol. The van der Waals surface area contributed by atoms with Crippen molar-refractivity contribution in [3.63, 3.8) is 0 Å². The molecule has 0 bridgehead atoms. The number of thiophene rings is 1. The maximum atomic E-state index is 11.4. The molecule has 3 N–H and O–H groups in total. The molecular formula is C13H12N2OS2. The Kier molecular flexibility index (Phi) is 3.11. The van der Waals surface area contributed by atoms with Crippen LogP contribution >= 0.6 is 23.1 Å². The van der Waals surface area contributed by atoms with Crippen molar-refractivity contribution >= 4 is 34.7 Å². The minimum absolute atomic E-state index is 0.0639. The summed E-state index contributed by atoms with van der Waals surface area (Å²) in [6.07, 6.45) is 0. The number of fused-ring (bicyclic) bond motifs is 1. The van der Waals surface area contributed by atoms with Gasteiger partial charge in [0.2, 0.25) is 5.91 Å². The molecule has 0 atom stereocenters. The highest BCUT2D eigenvalue weighted by Gasteiger charge is 2.16. The standard InChI is InChI=1S/C13H12N2OS2/c14-4-9-5-17-6-10(9)8-1-2-12-11(3-8)15-13(16)7-18-12/h1-3,5-6H,4,7,14H2,(H,15,16). The molecule has 0 saturated heterocycles. The largest absolute Gasteiger partial charge is 0.326 e. The van der Waals surface area contributed by atoms with Crippen LogP contribution in [0.15, 0.2) is 33.9 Å². The van der Waals surface area contributed by atoms with Crippen LogP contribution in [0.1, 0.15) is 5.56 Å². The fourth-order valence-electron chi connectivity index (χ4n) is 1.99. The molecule has 92 valence electrons. The zero-order valence-electron chi connectivity index (χ0n) is 9.60. The SMILES string of the molecule is NCc1cscc1-c1ccc2c(c1)NC(=O)CS2. The highest BCUT2D eigenvalue weighted by Crippen LogP contribution is 2.36. The van der Waals surface area contributed by atoms with Gasteiger partial charge in [-0.25, -0.2) is 0 Å². The van der Waals surface area contributed by atoms with Gasteiger partial charge in [0.25, 0.3) is 0 Å². The summed E-state index contributed by atoms with van der Waals surface area (Å²) in [4.78, 5) is 12.5. The quantitative estimate of drug-likeness (QED) is 0.886. The summed E-state index contributed by atoms with van der Waals surface area (Å²) in [6, 6.07) is 6.18. The van der Waals surface area contributed by atoms with Crippen LogP contribution in [0.25, 0.3) is 11.1 Å². The zero-order chi connectivity index (χ0) is 12.5. The van der Waals surface area contributed by atoms with Gasteiger partial charge in [-0.15, -0.1) is 11.8 Å². The van der Waals surface area contributed by atoms with E-state index in [1.54, 1.807) is 23.1 Å². The second kappa shape index (κ2) is 4.76. The molecule has 0 radical (unpaired) electrons. The van der Waals surface area contributed by atoms with Crippen molar-refractivity contribution in [1.82, 2.24) is 0 Å². The molecule has 0 spiro atoms. The number of carbonyl (C=O) groups excluding carboxylic acids is 1. The van der Waals surface area contributed by atoms with E-state index in [2.05, 4.69) is 28.2 Å². The number of anilines is 1. The first-order valence-electron chi connectivity index (χ1n) is 5.60. The average Bonchev–Trinajstić information content (AvgIpc) is 2.86.